The lowest BCUT2D eigenvalue weighted by Crippen LogP contribution is -2.19. The van der Waals surface area contributed by atoms with Gasteiger partial charge in [0.05, 0.1) is 31.1 Å². The second-order valence-electron chi connectivity index (χ2n) is 4.21. The number of H-pyrrole nitrogens is 1. The van der Waals surface area contributed by atoms with E-state index in [4.69, 9.17) is 0 Å². The van der Waals surface area contributed by atoms with Crippen LogP contribution in [0.3, 0.4) is 0 Å². The molecule has 94 valence electrons. The SMILES string of the molecule is O=c1ccncn1Cc1ccc(-c2cnc[nH]2)cc1. The van der Waals surface area contributed by atoms with Gasteiger partial charge in [-0.2, -0.15) is 0 Å². The fourth-order valence-electron chi connectivity index (χ4n) is 1.90. The largest absolute Gasteiger partial charge is 0.345 e. The Morgan fingerprint density at radius 2 is 1.95 bits per heavy atom. The van der Waals surface area contributed by atoms with Gasteiger partial charge in [0.2, 0.25) is 0 Å². The summed E-state index contributed by atoms with van der Waals surface area (Å²) >= 11 is 0. The van der Waals surface area contributed by atoms with Crippen LogP contribution >= 0.6 is 0 Å². The Kier molecular flexibility index (Phi) is 2.94. The highest BCUT2D eigenvalue weighted by atomic mass is 16.1. The summed E-state index contributed by atoms with van der Waals surface area (Å²) in [7, 11) is 0. The molecule has 5 nitrogen and oxygen atoms in total. The second-order valence-corrected chi connectivity index (χ2v) is 4.21. The Labute approximate surface area is 109 Å². The van der Waals surface area contributed by atoms with Crippen molar-refractivity contribution in [2.75, 3.05) is 0 Å². The molecule has 1 N–H and O–H groups in total. The number of imidazole rings is 1. The van der Waals surface area contributed by atoms with Gasteiger partial charge in [0.1, 0.15) is 0 Å². The molecule has 3 rings (SSSR count). The number of nitrogens with zero attached hydrogens (tertiary/aromatic N) is 3. The van der Waals surface area contributed by atoms with Gasteiger partial charge in [0.15, 0.2) is 0 Å². The summed E-state index contributed by atoms with van der Waals surface area (Å²) in [6, 6.07) is 9.46. The van der Waals surface area contributed by atoms with Crippen molar-refractivity contribution in [3.63, 3.8) is 0 Å². The highest BCUT2D eigenvalue weighted by Gasteiger charge is 2.00. The summed E-state index contributed by atoms with van der Waals surface area (Å²) in [5.74, 6) is 0. The van der Waals surface area contributed by atoms with Gasteiger partial charge in [0.25, 0.3) is 5.56 Å². The Bertz CT molecular complexity index is 714. The minimum atomic E-state index is -0.0485. The van der Waals surface area contributed by atoms with Crippen LogP contribution in [-0.4, -0.2) is 19.5 Å². The summed E-state index contributed by atoms with van der Waals surface area (Å²) in [6.45, 7) is 0.524. The first-order valence-corrected chi connectivity index (χ1v) is 5.91. The third kappa shape index (κ3) is 2.44. The van der Waals surface area contributed by atoms with Gasteiger partial charge in [0, 0.05) is 12.3 Å². The van der Waals surface area contributed by atoms with E-state index in [2.05, 4.69) is 15.0 Å². The average Bonchev–Trinajstić information content (AvgIpc) is 2.96. The summed E-state index contributed by atoms with van der Waals surface area (Å²) in [4.78, 5) is 22.6. The Hall–Kier alpha value is -2.69. The maximum Gasteiger partial charge on any atom is 0.253 e. The van der Waals surface area contributed by atoms with Crippen molar-refractivity contribution in [1.29, 1.82) is 0 Å². The maximum absolute atomic E-state index is 11.6. The lowest BCUT2D eigenvalue weighted by molar-refractivity contribution is 0.736. The van der Waals surface area contributed by atoms with Gasteiger partial charge < -0.3 is 4.98 Å². The Balaban J connectivity index is 1.84. The van der Waals surface area contributed by atoms with E-state index in [0.29, 0.717) is 6.54 Å². The summed E-state index contributed by atoms with van der Waals surface area (Å²) < 4.78 is 1.57. The molecule has 0 spiro atoms. The van der Waals surface area contributed by atoms with Crippen LogP contribution in [0.5, 0.6) is 0 Å². The predicted octanol–water partition coefficient (Wildman–Crippen LogP) is 1.68. The Morgan fingerprint density at radius 1 is 1.11 bits per heavy atom. The van der Waals surface area contributed by atoms with Gasteiger partial charge in [-0.3, -0.25) is 9.36 Å². The molecule has 0 saturated heterocycles. The lowest BCUT2D eigenvalue weighted by atomic mass is 10.1. The fourth-order valence-corrected chi connectivity index (χ4v) is 1.90. The third-order valence-electron chi connectivity index (χ3n) is 2.91. The molecule has 0 amide bonds. The molecule has 0 aliphatic carbocycles. The van der Waals surface area contributed by atoms with Gasteiger partial charge in [-0.05, 0) is 11.1 Å². The van der Waals surface area contributed by atoms with Gasteiger partial charge in [-0.1, -0.05) is 24.3 Å². The second kappa shape index (κ2) is 4.89. The molecule has 2 aromatic heterocycles. The molecule has 5 heteroatoms. The van der Waals surface area contributed by atoms with Crippen LogP contribution in [0.25, 0.3) is 11.3 Å². The molecule has 0 fully saturated rings. The summed E-state index contributed by atoms with van der Waals surface area (Å²) in [5, 5.41) is 0. The first-order valence-electron chi connectivity index (χ1n) is 5.91. The molecule has 0 aliphatic heterocycles. The average molecular weight is 252 g/mol. The molecule has 2 heterocycles. The number of hydrogen-bond acceptors (Lipinski definition) is 3. The van der Waals surface area contributed by atoms with Crippen LogP contribution in [0, 0.1) is 0 Å². The van der Waals surface area contributed by atoms with E-state index in [1.807, 2.05) is 24.3 Å². The van der Waals surface area contributed by atoms with E-state index in [1.54, 1.807) is 23.4 Å². The minimum Gasteiger partial charge on any atom is -0.345 e. The first-order chi connectivity index (χ1) is 9.33. The highest BCUT2D eigenvalue weighted by molar-refractivity contribution is 5.58. The van der Waals surface area contributed by atoms with E-state index < -0.39 is 0 Å². The van der Waals surface area contributed by atoms with Crippen molar-refractivity contribution in [3.8, 4) is 11.3 Å². The standard InChI is InChI=1S/C14H12N4O/c19-14-5-6-15-10-18(14)8-11-1-3-12(4-2-11)13-7-16-9-17-13/h1-7,9-10H,8H2,(H,16,17). The number of benzene rings is 1. The zero-order chi connectivity index (χ0) is 13.1. The molecule has 0 atom stereocenters. The molecular weight excluding hydrogens is 240 g/mol. The van der Waals surface area contributed by atoms with E-state index in [1.165, 1.54) is 12.3 Å². The zero-order valence-corrected chi connectivity index (χ0v) is 10.2. The molecule has 0 saturated carbocycles. The highest BCUT2D eigenvalue weighted by Crippen LogP contribution is 2.16. The molecular formula is C14H12N4O. The van der Waals surface area contributed by atoms with Crippen LogP contribution in [-0.2, 0) is 6.54 Å². The predicted molar refractivity (Wildman–Crippen MR) is 71.6 cm³/mol. The molecule has 0 aliphatic rings. The van der Waals surface area contributed by atoms with Crippen molar-refractivity contribution in [2.24, 2.45) is 0 Å². The number of aromatic amines is 1. The van der Waals surface area contributed by atoms with Crippen LogP contribution in [0.15, 0.2) is 60.2 Å². The lowest BCUT2D eigenvalue weighted by Gasteiger charge is -2.05. The number of aromatic nitrogens is 4. The van der Waals surface area contributed by atoms with E-state index in [0.717, 1.165) is 16.8 Å². The van der Waals surface area contributed by atoms with Crippen molar-refractivity contribution in [3.05, 3.63) is 71.3 Å². The normalized spacial score (nSPS) is 10.5. The third-order valence-corrected chi connectivity index (χ3v) is 2.91. The van der Waals surface area contributed by atoms with E-state index >= 15 is 0 Å². The van der Waals surface area contributed by atoms with Crippen molar-refractivity contribution < 1.29 is 0 Å². The van der Waals surface area contributed by atoms with Crippen LogP contribution in [0.2, 0.25) is 0 Å². The zero-order valence-electron chi connectivity index (χ0n) is 10.2. The van der Waals surface area contributed by atoms with Crippen molar-refractivity contribution >= 4 is 0 Å². The monoisotopic (exact) mass is 252 g/mol. The smallest absolute Gasteiger partial charge is 0.253 e. The van der Waals surface area contributed by atoms with Crippen LogP contribution in [0.1, 0.15) is 5.56 Å². The van der Waals surface area contributed by atoms with E-state index in [9.17, 15) is 4.79 Å². The van der Waals surface area contributed by atoms with Crippen molar-refractivity contribution in [1.82, 2.24) is 19.5 Å². The molecule has 0 radical (unpaired) electrons. The number of hydrogen-bond donors (Lipinski definition) is 1. The molecule has 1 aromatic carbocycles. The van der Waals surface area contributed by atoms with Crippen LogP contribution in [0.4, 0.5) is 0 Å². The van der Waals surface area contributed by atoms with Gasteiger partial charge in [-0.25, -0.2) is 9.97 Å². The van der Waals surface area contributed by atoms with Gasteiger partial charge >= 0.3 is 0 Å². The van der Waals surface area contributed by atoms with Gasteiger partial charge in [-0.15, -0.1) is 0 Å². The summed E-state index contributed by atoms with van der Waals surface area (Å²) in [5.41, 5.74) is 3.05. The topological polar surface area (TPSA) is 63.6 Å². The molecule has 3 aromatic rings. The number of nitrogens with one attached hydrogen (secondary N) is 1. The molecule has 0 unspecified atom stereocenters. The first kappa shape index (κ1) is 11.4. The minimum absolute atomic E-state index is 0.0485. The maximum atomic E-state index is 11.6. The summed E-state index contributed by atoms with van der Waals surface area (Å²) in [6.07, 6.45) is 6.48. The van der Waals surface area contributed by atoms with Crippen molar-refractivity contribution in [2.45, 2.75) is 6.54 Å². The Morgan fingerprint density at radius 3 is 2.63 bits per heavy atom. The molecule has 19 heavy (non-hydrogen) atoms. The van der Waals surface area contributed by atoms with E-state index in [-0.39, 0.29) is 5.56 Å². The number of rotatable bonds is 3. The fraction of sp³-hybridized carbons (Fsp3) is 0.0714. The van der Waals surface area contributed by atoms with Crippen LogP contribution < -0.4 is 5.56 Å². The molecule has 0 bridgehead atoms. The quantitative estimate of drug-likeness (QED) is 0.771.